The van der Waals surface area contributed by atoms with Crippen LogP contribution in [0.2, 0.25) is 0 Å². The van der Waals surface area contributed by atoms with E-state index in [-0.39, 0.29) is 11.6 Å². The smallest absolute Gasteiger partial charge is 0.168 e. The molecule has 0 radical (unpaired) electrons. The number of benzene rings is 1. The highest BCUT2D eigenvalue weighted by Gasteiger charge is 2.40. The molecule has 3 rings (SSSR count). The van der Waals surface area contributed by atoms with Gasteiger partial charge in [-0.25, -0.2) is 4.39 Å². The van der Waals surface area contributed by atoms with Gasteiger partial charge in [0.25, 0.3) is 0 Å². The van der Waals surface area contributed by atoms with Crippen molar-refractivity contribution < 1.29 is 13.9 Å². The minimum absolute atomic E-state index is 0.236. The van der Waals surface area contributed by atoms with Gasteiger partial charge in [0.2, 0.25) is 0 Å². The zero-order valence-electron chi connectivity index (χ0n) is 10.6. The van der Waals surface area contributed by atoms with Crippen LogP contribution in [0.25, 0.3) is 0 Å². The second-order valence-electron chi connectivity index (χ2n) is 5.16. The van der Waals surface area contributed by atoms with Gasteiger partial charge in [0, 0.05) is 24.6 Å². The molecule has 0 bridgehead atoms. The zero-order valence-corrected chi connectivity index (χ0v) is 12.2. The Bertz CT molecular complexity index is 453. The third kappa shape index (κ3) is 2.93. The van der Waals surface area contributed by atoms with Crippen molar-refractivity contribution in [1.82, 2.24) is 0 Å². The molecule has 5 heteroatoms. The summed E-state index contributed by atoms with van der Waals surface area (Å²) in [5.74, 6) is -0.567. The highest BCUT2D eigenvalue weighted by molar-refractivity contribution is 9.10. The average molecular weight is 330 g/mol. The minimum atomic E-state index is -0.330. The molecule has 3 nitrogen and oxygen atoms in total. The molecule has 1 saturated heterocycles. The fourth-order valence-corrected chi connectivity index (χ4v) is 3.06. The van der Waals surface area contributed by atoms with E-state index in [9.17, 15) is 4.39 Å². The molecule has 0 unspecified atom stereocenters. The van der Waals surface area contributed by atoms with Gasteiger partial charge in [-0.2, -0.15) is 0 Å². The fourth-order valence-electron chi connectivity index (χ4n) is 2.81. The summed E-state index contributed by atoms with van der Waals surface area (Å²) in [6.45, 7) is 1.41. The van der Waals surface area contributed by atoms with Crippen LogP contribution in [0.15, 0.2) is 22.7 Å². The van der Waals surface area contributed by atoms with E-state index < -0.39 is 0 Å². The number of nitrogens with one attached hydrogen (secondary N) is 1. The van der Waals surface area contributed by atoms with Gasteiger partial charge in [-0.15, -0.1) is 0 Å². The average Bonchev–Trinajstić information content (AvgIpc) is 2.86. The number of hydrogen-bond acceptors (Lipinski definition) is 3. The maximum Gasteiger partial charge on any atom is 0.168 e. The molecule has 0 atom stereocenters. The molecule has 104 valence electrons. The molecule has 1 heterocycles. The van der Waals surface area contributed by atoms with Gasteiger partial charge in [-0.3, -0.25) is 0 Å². The third-order valence-electron chi connectivity index (χ3n) is 3.85. The third-order valence-corrected chi connectivity index (χ3v) is 4.49. The number of rotatable bonds is 2. The topological polar surface area (TPSA) is 30.5 Å². The van der Waals surface area contributed by atoms with Gasteiger partial charge in [0.15, 0.2) is 5.79 Å². The quantitative estimate of drug-likeness (QED) is 0.897. The van der Waals surface area contributed by atoms with Gasteiger partial charge >= 0.3 is 0 Å². The molecule has 19 heavy (non-hydrogen) atoms. The van der Waals surface area contributed by atoms with Crippen LogP contribution in [0.1, 0.15) is 25.7 Å². The maximum absolute atomic E-state index is 13.4. The summed E-state index contributed by atoms with van der Waals surface area (Å²) in [5.41, 5.74) is 0.829. The van der Waals surface area contributed by atoms with Crippen LogP contribution in [0.3, 0.4) is 0 Å². The van der Waals surface area contributed by atoms with Gasteiger partial charge in [0.05, 0.1) is 17.7 Å². The Balaban J connectivity index is 1.58. The summed E-state index contributed by atoms with van der Waals surface area (Å²) >= 11 is 3.16. The zero-order chi connectivity index (χ0) is 13.3. The van der Waals surface area contributed by atoms with Crippen molar-refractivity contribution in [3.63, 3.8) is 0 Å². The van der Waals surface area contributed by atoms with Crippen molar-refractivity contribution in [3.05, 3.63) is 28.5 Å². The van der Waals surface area contributed by atoms with Crippen molar-refractivity contribution >= 4 is 21.6 Å². The number of ether oxygens (including phenoxy) is 2. The molecular formula is C14H17BrFNO2. The lowest BCUT2D eigenvalue weighted by Crippen LogP contribution is -2.39. The lowest BCUT2D eigenvalue weighted by molar-refractivity contribution is -0.177. The van der Waals surface area contributed by atoms with Crippen molar-refractivity contribution in [3.8, 4) is 0 Å². The van der Waals surface area contributed by atoms with Crippen LogP contribution in [-0.2, 0) is 9.47 Å². The Labute approximate surface area is 120 Å². The molecular weight excluding hydrogens is 313 g/mol. The minimum Gasteiger partial charge on any atom is -0.382 e. The maximum atomic E-state index is 13.4. The SMILES string of the molecule is Fc1cc(NC2CCC3(CC2)OCCO3)ccc1Br. The predicted molar refractivity (Wildman–Crippen MR) is 74.6 cm³/mol. The molecule has 1 aromatic carbocycles. The molecule has 2 fully saturated rings. The van der Waals surface area contributed by atoms with E-state index in [1.807, 2.05) is 6.07 Å². The largest absolute Gasteiger partial charge is 0.382 e. The first-order valence-corrected chi connectivity index (χ1v) is 7.46. The molecule has 1 spiro atoms. The first-order chi connectivity index (χ1) is 9.17. The Morgan fingerprint density at radius 2 is 1.89 bits per heavy atom. The second-order valence-corrected chi connectivity index (χ2v) is 6.01. The molecule has 1 aromatic rings. The molecule has 1 aliphatic heterocycles. The Kier molecular flexibility index (Phi) is 3.78. The highest BCUT2D eigenvalue weighted by Crippen LogP contribution is 2.36. The highest BCUT2D eigenvalue weighted by atomic mass is 79.9. The molecule has 1 N–H and O–H groups in total. The van der Waals surface area contributed by atoms with Crippen molar-refractivity contribution in [2.75, 3.05) is 18.5 Å². The fraction of sp³-hybridized carbons (Fsp3) is 0.571. The van der Waals surface area contributed by atoms with E-state index in [2.05, 4.69) is 21.2 Å². The van der Waals surface area contributed by atoms with Crippen molar-refractivity contribution in [2.45, 2.75) is 37.5 Å². The van der Waals surface area contributed by atoms with Gasteiger partial charge < -0.3 is 14.8 Å². The summed E-state index contributed by atoms with van der Waals surface area (Å²) in [6, 6.07) is 5.50. The van der Waals surface area contributed by atoms with Gasteiger partial charge in [-0.1, -0.05) is 0 Å². The lowest BCUT2D eigenvalue weighted by atomic mass is 9.90. The normalized spacial score (nSPS) is 22.8. The lowest BCUT2D eigenvalue weighted by Gasteiger charge is -2.36. The Morgan fingerprint density at radius 1 is 1.21 bits per heavy atom. The van der Waals surface area contributed by atoms with E-state index in [4.69, 9.17) is 9.47 Å². The monoisotopic (exact) mass is 329 g/mol. The molecule has 2 aliphatic rings. The first kappa shape index (κ1) is 13.3. The van der Waals surface area contributed by atoms with E-state index >= 15 is 0 Å². The molecule has 0 aromatic heterocycles. The second kappa shape index (κ2) is 5.38. The van der Waals surface area contributed by atoms with Crippen molar-refractivity contribution in [2.24, 2.45) is 0 Å². The molecule has 1 saturated carbocycles. The van der Waals surface area contributed by atoms with Crippen LogP contribution in [0.5, 0.6) is 0 Å². The van der Waals surface area contributed by atoms with Gasteiger partial charge in [0.1, 0.15) is 5.82 Å². The van der Waals surface area contributed by atoms with E-state index in [0.717, 1.165) is 31.4 Å². The number of halogens is 2. The van der Waals surface area contributed by atoms with Crippen molar-refractivity contribution in [1.29, 1.82) is 0 Å². The van der Waals surface area contributed by atoms with Crippen LogP contribution in [-0.4, -0.2) is 25.0 Å². The molecule has 1 aliphatic carbocycles. The standard InChI is InChI=1S/C14H17BrFNO2/c15-12-2-1-11(9-13(12)16)17-10-3-5-14(6-4-10)18-7-8-19-14/h1-2,9-10,17H,3-8H2. The molecule has 0 amide bonds. The van der Waals surface area contributed by atoms with Crippen LogP contribution < -0.4 is 5.32 Å². The van der Waals surface area contributed by atoms with E-state index in [1.165, 1.54) is 6.07 Å². The Hall–Kier alpha value is -0.650. The van der Waals surface area contributed by atoms with Crippen LogP contribution in [0.4, 0.5) is 10.1 Å². The van der Waals surface area contributed by atoms with E-state index in [1.54, 1.807) is 6.07 Å². The van der Waals surface area contributed by atoms with Crippen LogP contribution in [0, 0.1) is 5.82 Å². The Morgan fingerprint density at radius 3 is 2.53 bits per heavy atom. The summed E-state index contributed by atoms with van der Waals surface area (Å²) in [7, 11) is 0. The summed E-state index contributed by atoms with van der Waals surface area (Å²) in [5, 5.41) is 3.38. The summed E-state index contributed by atoms with van der Waals surface area (Å²) < 4.78 is 25.3. The number of hydrogen-bond donors (Lipinski definition) is 1. The predicted octanol–water partition coefficient (Wildman–Crippen LogP) is 3.69. The summed E-state index contributed by atoms with van der Waals surface area (Å²) in [6.07, 6.45) is 3.78. The van der Waals surface area contributed by atoms with Crippen LogP contribution >= 0.6 is 15.9 Å². The summed E-state index contributed by atoms with van der Waals surface area (Å²) in [4.78, 5) is 0. The first-order valence-electron chi connectivity index (χ1n) is 6.66. The van der Waals surface area contributed by atoms with E-state index in [0.29, 0.717) is 23.7 Å². The number of anilines is 1. The van der Waals surface area contributed by atoms with Gasteiger partial charge in [-0.05, 0) is 47.0 Å².